The third kappa shape index (κ3) is 6.20. The second kappa shape index (κ2) is 11.5. The van der Waals surface area contributed by atoms with Crippen LogP contribution in [-0.2, 0) is 28.5 Å². The second-order valence-corrected chi connectivity index (χ2v) is 10.4. The van der Waals surface area contributed by atoms with Gasteiger partial charge in [-0.05, 0) is 70.7 Å². The standard InChI is InChI=1S/C29H41NO6/c1-6-33-18-17-30-22-11-8-21(9-12-22)10-14-25(31)35-23-15-16-29(19-34-29)27(26(23)32-5)28(4)24(36-28)13-7-20(2)3/h7-12,14,23-24,26-27,30H,6,13,15-19H2,1-5H3/b14-10+/t23-,24-,26-,27?,28+,29+/m1/s1. The molecule has 3 fully saturated rings. The number of hydrogen-bond acceptors (Lipinski definition) is 7. The Morgan fingerprint density at radius 1 is 1.25 bits per heavy atom. The van der Waals surface area contributed by atoms with E-state index in [4.69, 9.17) is 23.7 Å². The van der Waals surface area contributed by atoms with Crippen molar-refractivity contribution in [1.82, 2.24) is 0 Å². The van der Waals surface area contributed by atoms with Crippen LogP contribution in [0.1, 0.15) is 52.5 Å². The van der Waals surface area contributed by atoms with E-state index in [1.54, 1.807) is 13.2 Å². The summed E-state index contributed by atoms with van der Waals surface area (Å²) in [5, 5.41) is 3.31. The largest absolute Gasteiger partial charge is 0.456 e. The zero-order valence-corrected chi connectivity index (χ0v) is 22.3. The Kier molecular flexibility index (Phi) is 8.56. The number of rotatable bonds is 12. The third-order valence-electron chi connectivity index (χ3n) is 7.61. The van der Waals surface area contributed by atoms with Crippen molar-refractivity contribution in [2.45, 2.75) is 76.5 Å². The second-order valence-electron chi connectivity index (χ2n) is 10.4. The topological polar surface area (TPSA) is 81.9 Å². The minimum absolute atomic E-state index is 0.0175. The minimum Gasteiger partial charge on any atom is -0.456 e. The Morgan fingerprint density at radius 2 is 2.00 bits per heavy atom. The number of epoxide rings is 2. The molecule has 1 aromatic rings. The molecule has 3 aliphatic rings. The van der Waals surface area contributed by atoms with Gasteiger partial charge in [-0.2, -0.15) is 0 Å². The van der Waals surface area contributed by atoms with E-state index in [0.717, 1.165) is 30.6 Å². The molecule has 0 amide bonds. The normalized spacial score (nSPS) is 32.9. The molecule has 6 atom stereocenters. The first kappa shape index (κ1) is 26.9. The first-order valence-corrected chi connectivity index (χ1v) is 13.1. The number of carbonyl (C=O) groups excluding carboxylic acids is 1. The van der Waals surface area contributed by atoms with Crippen molar-refractivity contribution in [2.75, 3.05) is 38.8 Å². The van der Waals surface area contributed by atoms with Gasteiger partial charge in [-0.1, -0.05) is 23.8 Å². The van der Waals surface area contributed by atoms with Gasteiger partial charge in [0, 0.05) is 32.0 Å². The lowest BCUT2D eigenvalue weighted by Gasteiger charge is -2.42. The number of carbonyl (C=O) groups is 1. The summed E-state index contributed by atoms with van der Waals surface area (Å²) in [5.41, 5.74) is 2.65. The number of benzene rings is 1. The van der Waals surface area contributed by atoms with Gasteiger partial charge >= 0.3 is 5.97 Å². The summed E-state index contributed by atoms with van der Waals surface area (Å²) in [5.74, 6) is -0.348. The van der Waals surface area contributed by atoms with E-state index in [2.05, 4.69) is 32.2 Å². The van der Waals surface area contributed by atoms with Crippen molar-refractivity contribution in [3.05, 3.63) is 47.6 Å². The first-order valence-electron chi connectivity index (χ1n) is 13.1. The van der Waals surface area contributed by atoms with Gasteiger partial charge in [-0.3, -0.25) is 0 Å². The van der Waals surface area contributed by atoms with Gasteiger partial charge in [0.05, 0.1) is 25.2 Å². The van der Waals surface area contributed by atoms with Crippen LogP contribution in [0.15, 0.2) is 42.0 Å². The molecule has 2 heterocycles. The summed E-state index contributed by atoms with van der Waals surface area (Å²) in [4.78, 5) is 12.7. The van der Waals surface area contributed by atoms with Crippen LogP contribution in [0.3, 0.4) is 0 Å². The SMILES string of the molecule is CCOCCNc1ccc(/C=C/C(=O)O[C@@H]2CC[C@]3(CO3)C([C@@]3(C)O[C@@H]3CC=C(C)C)[C@@H]2OC)cc1. The van der Waals surface area contributed by atoms with Crippen LogP contribution in [0, 0.1) is 5.92 Å². The highest BCUT2D eigenvalue weighted by molar-refractivity contribution is 5.87. The van der Waals surface area contributed by atoms with Gasteiger partial charge in [0.25, 0.3) is 0 Å². The third-order valence-corrected chi connectivity index (χ3v) is 7.61. The Balaban J connectivity index is 1.35. The molecule has 0 radical (unpaired) electrons. The first-order chi connectivity index (χ1) is 17.3. The molecule has 4 rings (SSSR count). The van der Waals surface area contributed by atoms with Crippen LogP contribution in [-0.4, -0.2) is 69.0 Å². The van der Waals surface area contributed by atoms with E-state index in [0.29, 0.717) is 26.2 Å². The Bertz CT molecular complexity index is 949. The van der Waals surface area contributed by atoms with Gasteiger partial charge in [0.15, 0.2) is 0 Å². The van der Waals surface area contributed by atoms with E-state index in [-0.39, 0.29) is 41.4 Å². The predicted molar refractivity (Wildman–Crippen MR) is 140 cm³/mol. The average Bonchev–Trinajstić information content (AvgIpc) is 3.78. The number of nitrogens with one attached hydrogen (secondary N) is 1. The lowest BCUT2D eigenvalue weighted by Crippen LogP contribution is -2.55. The van der Waals surface area contributed by atoms with Crippen molar-refractivity contribution in [2.24, 2.45) is 5.92 Å². The molecule has 1 N–H and O–H groups in total. The van der Waals surface area contributed by atoms with Crippen molar-refractivity contribution < 1.29 is 28.5 Å². The number of allylic oxidation sites excluding steroid dienone is 1. The van der Waals surface area contributed by atoms with Crippen molar-refractivity contribution >= 4 is 17.7 Å². The number of ether oxygens (including phenoxy) is 5. The quantitative estimate of drug-likeness (QED) is 0.146. The van der Waals surface area contributed by atoms with Gasteiger partial charge < -0.3 is 29.0 Å². The molecule has 7 heteroatoms. The van der Waals surface area contributed by atoms with Crippen LogP contribution in [0.4, 0.5) is 5.69 Å². The molecule has 1 spiro atoms. The van der Waals surface area contributed by atoms with E-state index in [9.17, 15) is 4.79 Å². The molecular formula is C29H41NO6. The fourth-order valence-electron chi connectivity index (χ4n) is 5.55. The zero-order valence-electron chi connectivity index (χ0n) is 22.3. The van der Waals surface area contributed by atoms with E-state index < -0.39 is 0 Å². The Morgan fingerprint density at radius 3 is 2.64 bits per heavy atom. The molecule has 1 unspecified atom stereocenters. The molecule has 0 bridgehead atoms. The van der Waals surface area contributed by atoms with E-state index in [1.807, 2.05) is 31.2 Å². The van der Waals surface area contributed by atoms with Crippen LogP contribution in [0.25, 0.3) is 6.08 Å². The molecular weight excluding hydrogens is 458 g/mol. The Labute approximate surface area is 215 Å². The molecule has 36 heavy (non-hydrogen) atoms. The maximum atomic E-state index is 12.7. The molecule has 2 aliphatic heterocycles. The fraction of sp³-hybridized carbons (Fsp3) is 0.621. The summed E-state index contributed by atoms with van der Waals surface area (Å²) in [7, 11) is 1.69. The summed E-state index contributed by atoms with van der Waals surface area (Å²) >= 11 is 0. The molecule has 198 valence electrons. The zero-order chi connectivity index (χ0) is 25.8. The monoisotopic (exact) mass is 499 g/mol. The van der Waals surface area contributed by atoms with Gasteiger partial charge in [-0.25, -0.2) is 4.79 Å². The predicted octanol–water partition coefficient (Wildman–Crippen LogP) is 4.77. The van der Waals surface area contributed by atoms with Gasteiger partial charge in [0.1, 0.15) is 23.4 Å². The number of methoxy groups -OCH3 is 1. The van der Waals surface area contributed by atoms with E-state index >= 15 is 0 Å². The summed E-state index contributed by atoms with van der Waals surface area (Å²) < 4.78 is 29.4. The minimum atomic E-state index is -0.365. The van der Waals surface area contributed by atoms with Crippen molar-refractivity contribution in [3.63, 3.8) is 0 Å². The molecule has 7 nitrogen and oxygen atoms in total. The van der Waals surface area contributed by atoms with Crippen LogP contribution < -0.4 is 5.32 Å². The lowest BCUT2D eigenvalue weighted by atomic mass is 9.68. The lowest BCUT2D eigenvalue weighted by molar-refractivity contribution is -0.166. The van der Waals surface area contributed by atoms with E-state index in [1.165, 1.54) is 11.6 Å². The highest BCUT2D eigenvalue weighted by atomic mass is 16.6. The smallest absolute Gasteiger partial charge is 0.331 e. The molecule has 2 saturated heterocycles. The maximum Gasteiger partial charge on any atom is 0.331 e. The summed E-state index contributed by atoms with van der Waals surface area (Å²) in [6.07, 6.45) is 7.42. The molecule has 1 aromatic carbocycles. The average molecular weight is 500 g/mol. The van der Waals surface area contributed by atoms with Gasteiger partial charge in [0.2, 0.25) is 0 Å². The van der Waals surface area contributed by atoms with Crippen molar-refractivity contribution in [1.29, 1.82) is 0 Å². The highest BCUT2D eigenvalue weighted by Crippen LogP contribution is 2.59. The van der Waals surface area contributed by atoms with Crippen LogP contribution in [0.2, 0.25) is 0 Å². The number of esters is 1. The highest BCUT2D eigenvalue weighted by Gasteiger charge is 2.72. The molecule has 1 aliphatic carbocycles. The van der Waals surface area contributed by atoms with Gasteiger partial charge in [-0.15, -0.1) is 0 Å². The fourth-order valence-corrected chi connectivity index (χ4v) is 5.55. The number of anilines is 1. The van der Waals surface area contributed by atoms with Crippen molar-refractivity contribution in [3.8, 4) is 0 Å². The summed E-state index contributed by atoms with van der Waals surface area (Å²) in [6, 6.07) is 7.91. The van der Waals surface area contributed by atoms with Crippen LogP contribution in [0.5, 0.6) is 0 Å². The molecule has 0 aromatic heterocycles. The Hall–Kier alpha value is -2.19. The van der Waals surface area contributed by atoms with Crippen LogP contribution >= 0.6 is 0 Å². The molecule has 1 saturated carbocycles. The number of hydrogen-bond donors (Lipinski definition) is 1. The maximum absolute atomic E-state index is 12.7. The summed E-state index contributed by atoms with van der Waals surface area (Å²) in [6.45, 7) is 11.2.